The molecule has 2 N–H and O–H groups in total. The zero-order valence-electron chi connectivity index (χ0n) is 9.49. The Morgan fingerprint density at radius 3 is 2.71 bits per heavy atom. The molecule has 1 amide bonds. The third-order valence-corrected chi connectivity index (χ3v) is 2.44. The maximum absolute atomic E-state index is 11.5. The molecule has 0 aliphatic rings. The lowest BCUT2D eigenvalue weighted by atomic mass is 10.2. The Hall–Kier alpha value is -1.47. The Bertz CT molecular complexity index is 448. The lowest BCUT2D eigenvalue weighted by molar-refractivity contribution is -0.849. The highest BCUT2D eigenvalue weighted by Gasteiger charge is 2.17. The predicted molar refractivity (Wildman–Crippen MR) is 67.1 cm³/mol. The molecule has 7 heteroatoms. The first-order valence-electron chi connectivity index (χ1n) is 4.93. The molecule has 17 heavy (non-hydrogen) atoms. The Labute approximate surface area is 107 Å². The zero-order valence-corrected chi connectivity index (χ0v) is 11.1. The van der Waals surface area contributed by atoms with Crippen LogP contribution < -0.4 is 10.2 Å². The second kappa shape index (κ2) is 5.74. The van der Waals surface area contributed by atoms with Gasteiger partial charge in [-0.15, -0.1) is 0 Å². The molecule has 0 unspecified atom stereocenters. The van der Waals surface area contributed by atoms with Crippen LogP contribution in [0.2, 0.25) is 0 Å². The summed E-state index contributed by atoms with van der Waals surface area (Å²) in [5.74, 6) is -0.254. The van der Waals surface area contributed by atoms with Crippen molar-refractivity contribution in [1.29, 1.82) is 0 Å². The molecule has 0 aliphatic heterocycles. The van der Waals surface area contributed by atoms with E-state index in [9.17, 15) is 14.9 Å². The monoisotopic (exact) mass is 302 g/mol. The average Bonchev–Trinajstić information content (AvgIpc) is 2.19. The van der Waals surface area contributed by atoms with Gasteiger partial charge in [0.05, 0.1) is 19.0 Å². The molecule has 0 aliphatic carbocycles. The van der Waals surface area contributed by atoms with Crippen LogP contribution in [0.5, 0.6) is 0 Å². The van der Waals surface area contributed by atoms with Gasteiger partial charge in [-0.1, -0.05) is 15.9 Å². The van der Waals surface area contributed by atoms with Crippen LogP contribution in [-0.2, 0) is 4.79 Å². The fourth-order valence-corrected chi connectivity index (χ4v) is 1.63. The number of carbonyl (C=O) groups is 1. The van der Waals surface area contributed by atoms with Crippen molar-refractivity contribution >= 4 is 33.2 Å². The minimum atomic E-state index is -0.525. The van der Waals surface area contributed by atoms with Gasteiger partial charge >= 0.3 is 0 Å². The minimum absolute atomic E-state index is 0.124. The summed E-state index contributed by atoms with van der Waals surface area (Å²) in [5.41, 5.74) is 0.0888. The molecule has 0 saturated heterocycles. The molecule has 6 nitrogen and oxygen atoms in total. The first kappa shape index (κ1) is 13.6. The maximum atomic E-state index is 11.5. The van der Waals surface area contributed by atoms with Crippen molar-refractivity contribution in [2.45, 2.75) is 0 Å². The number of anilines is 1. The lowest BCUT2D eigenvalue weighted by Crippen LogP contribution is -3.06. The normalized spacial score (nSPS) is 10.4. The zero-order chi connectivity index (χ0) is 13.0. The van der Waals surface area contributed by atoms with Crippen molar-refractivity contribution in [3.63, 3.8) is 0 Å². The highest BCUT2D eigenvalue weighted by atomic mass is 79.9. The van der Waals surface area contributed by atoms with Crippen LogP contribution in [0.4, 0.5) is 11.4 Å². The summed E-state index contributed by atoms with van der Waals surface area (Å²) >= 11 is 3.15. The molecule has 0 spiro atoms. The van der Waals surface area contributed by atoms with E-state index < -0.39 is 4.92 Å². The molecular weight excluding hydrogens is 290 g/mol. The second-order valence-electron chi connectivity index (χ2n) is 3.85. The number of halogens is 1. The van der Waals surface area contributed by atoms with E-state index in [-0.39, 0.29) is 23.8 Å². The predicted octanol–water partition coefficient (Wildman–Crippen LogP) is 0.440. The van der Waals surface area contributed by atoms with Crippen LogP contribution in [0.1, 0.15) is 0 Å². The van der Waals surface area contributed by atoms with Crippen molar-refractivity contribution in [3.05, 3.63) is 32.8 Å². The van der Waals surface area contributed by atoms with Gasteiger partial charge in [-0.3, -0.25) is 14.9 Å². The minimum Gasteiger partial charge on any atom is -0.332 e. The number of nitro groups is 1. The number of hydrogen-bond acceptors (Lipinski definition) is 3. The van der Waals surface area contributed by atoms with Gasteiger partial charge in [0.2, 0.25) is 0 Å². The summed E-state index contributed by atoms with van der Waals surface area (Å²) in [5, 5.41) is 13.3. The van der Waals surface area contributed by atoms with Crippen LogP contribution in [0.15, 0.2) is 22.7 Å². The molecule has 92 valence electrons. The van der Waals surface area contributed by atoms with E-state index in [4.69, 9.17) is 0 Å². The highest BCUT2D eigenvalue weighted by Crippen LogP contribution is 2.27. The van der Waals surface area contributed by atoms with E-state index in [0.29, 0.717) is 4.47 Å². The number of amides is 1. The fraction of sp³-hybridized carbons (Fsp3) is 0.300. The molecule has 1 aromatic carbocycles. The number of hydrogen-bond donors (Lipinski definition) is 2. The Morgan fingerprint density at radius 1 is 1.53 bits per heavy atom. The van der Waals surface area contributed by atoms with E-state index >= 15 is 0 Å². The topological polar surface area (TPSA) is 76.7 Å². The molecule has 0 bridgehead atoms. The number of likely N-dealkylation sites (N-methyl/N-ethyl adjacent to an activating group) is 1. The van der Waals surface area contributed by atoms with E-state index in [1.165, 1.54) is 12.1 Å². The summed E-state index contributed by atoms with van der Waals surface area (Å²) in [4.78, 5) is 22.7. The van der Waals surface area contributed by atoms with Gasteiger partial charge < -0.3 is 10.2 Å². The van der Waals surface area contributed by atoms with Gasteiger partial charge in [0.1, 0.15) is 5.69 Å². The van der Waals surface area contributed by atoms with Crippen LogP contribution in [0.3, 0.4) is 0 Å². The van der Waals surface area contributed by atoms with E-state index in [0.717, 1.165) is 4.90 Å². The number of nitrogens with zero attached hydrogens (tertiary/aromatic N) is 1. The molecule has 1 rings (SSSR count). The molecule has 0 radical (unpaired) electrons. The largest absolute Gasteiger partial charge is 0.332 e. The fourth-order valence-electron chi connectivity index (χ4n) is 1.28. The number of nitro benzene ring substituents is 1. The Morgan fingerprint density at radius 2 is 2.18 bits per heavy atom. The van der Waals surface area contributed by atoms with Crippen molar-refractivity contribution < 1.29 is 14.6 Å². The van der Waals surface area contributed by atoms with Crippen molar-refractivity contribution in [2.75, 3.05) is 26.0 Å². The van der Waals surface area contributed by atoms with Crippen LogP contribution in [0.25, 0.3) is 0 Å². The molecule has 0 fully saturated rings. The van der Waals surface area contributed by atoms with Gasteiger partial charge in [0.15, 0.2) is 6.54 Å². The number of nitrogens with one attached hydrogen (secondary N) is 2. The second-order valence-corrected chi connectivity index (χ2v) is 4.77. The average molecular weight is 303 g/mol. The summed E-state index contributed by atoms with van der Waals surface area (Å²) in [7, 11) is 3.66. The molecule has 0 aromatic heterocycles. The molecule has 0 atom stereocenters. The number of carbonyl (C=O) groups excluding carboxylic acids is 1. The standard InChI is InChI=1S/C10H12BrN3O3/c1-13(2)6-10(15)12-8-4-3-7(11)5-9(8)14(16)17/h3-5H,6H2,1-2H3,(H,12,15)/p+1. The maximum Gasteiger partial charge on any atom is 0.293 e. The summed E-state index contributed by atoms with van der Waals surface area (Å²) in [6, 6.07) is 4.51. The van der Waals surface area contributed by atoms with Gasteiger partial charge in [-0.05, 0) is 12.1 Å². The summed E-state index contributed by atoms with van der Waals surface area (Å²) < 4.78 is 0.598. The smallest absolute Gasteiger partial charge is 0.293 e. The number of benzene rings is 1. The molecule has 0 saturated carbocycles. The van der Waals surface area contributed by atoms with E-state index in [2.05, 4.69) is 21.2 Å². The van der Waals surface area contributed by atoms with Crippen LogP contribution in [0, 0.1) is 10.1 Å². The molecule has 0 heterocycles. The van der Waals surface area contributed by atoms with Crippen LogP contribution >= 0.6 is 15.9 Å². The van der Waals surface area contributed by atoms with Gasteiger partial charge in [-0.25, -0.2) is 0 Å². The van der Waals surface area contributed by atoms with Crippen LogP contribution in [-0.4, -0.2) is 31.5 Å². The Balaban J connectivity index is 2.91. The summed E-state index contributed by atoms with van der Waals surface area (Å²) in [6.07, 6.45) is 0. The van der Waals surface area contributed by atoms with Crippen molar-refractivity contribution in [3.8, 4) is 0 Å². The molecular formula is C10H13BrN3O3+. The van der Waals surface area contributed by atoms with Gasteiger partial charge in [-0.2, -0.15) is 0 Å². The SMILES string of the molecule is C[NH+](C)CC(=O)Nc1ccc(Br)cc1[N+](=O)[O-]. The van der Waals surface area contributed by atoms with E-state index in [1.54, 1.807) is 6.07 Å². The molecule has 1 aromatic rings. The Kier molecular flexibility index (Phi) is 4.59. The lowest BCUT2D eigenvalue weighted by Gasteiger charge is -2.08. The third-order valence-electron chi connectivity index (χ3n) is 1.94. The number of rotatable bonds is 4. The first-order chi connectivity index (χ1) is 7.90. The summed E-state index contributed by atoms with van der Waals surface area (Å²) in [6.45, 7) is 0.257. The third kappa shape index (κ3) is 4.12. The quantitative estimate of drug-likeness (QED) is 0.626. The van der Waals surface area contributed by atoms with E-state index in [1.807, 2.05) is 14.1 Å². The van der Waals surface area contributed by atoms with Crippen molar-refractivity contribution in [1.82, 2.24) is 0 Å². The number of quaternary nitrogens is 1. The highest BCUT2D eigenvalue weighted by molar-refractivity contribution is 9.10. The van der Waals surface area contributed by atoms with Crippen molar-refractivity contribution in [2.24, 2.45) is 0 Å². The van der Waals surface area contributed by atoms with Gasteiger partial charge in [0, 0.05) is 10.5 Å². The first-order valence-corrected chi connectivity index (χ1v) is 5.72. The van der Waals surface area contributed by atoms with Gasteiger partial charge in [0.25, 0.3) is 11.6 Å².